The first-order valence-electron chi connectivity index (χ1n) is 5.05. The SMILES string of the molecule is COCC(C)N(C)c1ccc(CN)nc1. The minimum Gasteiger partial charge on any atom is -0.383 e. The number of anilines is 1. The molecule has 1 aromatic heterocycles. The van der Waals surface area contributed by atoms with Crippen molar-refractivity contribution >= 4 is 5.69 Å². The highest BCUT2D eigenvalue weighted by Gasteiger charge is 2.09. The molecule has 84 valence electrons. The van der Waals surface area contributed by atoms with E-state index >= 15 is 0 Å². The van der Waals surface area contributed by atoms with Gasteiger partial charge in [0.2, 0.25) is 0 Å². The number of pyridine rings is 1. The Balaban J connectivity index is 2.69. The van der Waals surface area contributed by atoms with Crippen LogP contribution in [0.5, 0.6) is 0 Å². The molecule has 0 aliphatic heterocycles. The van der Waals surface area contributed by atoms with Gasteiger partial charge in [0, 0.05) is 26.7 Å². The van der Waals surface area contributed by atoms with E-state index in [1.54, 1.807) is 7.11 Å². The van der Waals surface area contributed by atoms with Gasteiger partial charge in [-0.3, -0.25) is 4.98 Å². The molecule has 1 aromatic rings. The average molecular weight is 209 g/mol. The number of hydrogen-bond donors (Lipinski definition) is 1. The quantitative estimate of drug-likeness (QED) is 0.786. The molecule has 15 heavy (non-hydrogen) atoms. The van der Waals surface area contributed by atoms with Crippen molar-refractivity contribution in [2.75, 3.05) is 25.7 Å². The molecule has 4 heteroatoms. The van der Waals surface area contributed by atoms with E-state index in [1.807, 2.05) is 25.4 Å². The van der Waals surface area contributed by atoms with Crippen molar-refractivity contribution in [1.29, 1.82) is 0 Å². The van der Waals surface area contributed by atoms with Crippen LogP contribution in [0.1, 0.15) is 12.6 Å². The number of likely N-dealkylation sites (N-methyl/N-ethyl adjacent to an activating group) is 1. The van der Waals surface area contributed by atoms with Crippen LogP contribution in [0.25, 0.3) is 0 Å². The second kappa shape index (κ2) is 5.68. The van der Waals surface area contributed by atoms with E-state index in [1.165, 1.54) is 0 Å². The van der Waals surface area contributed by atoms with E-state index in [9.17, 15) is 0 Å². The van der Waals surface area contributed by atoms with E-state index in [-0.39, 0.29) is 0 Å². The van der Waals surface area contributed by atoms with Gasteiger partial charge in [-0.05, 0) is 19.1 Å². The monoisotopic (exact) mass is 209 g/mol. The second-order valence-corrected chi connectivity index (χ2v) is 3.63. The lowest BCUT2D eigenvalue weighted by Gasteiger charge is -2.26. The molecule has 1 rings (SSSR count). The van der Waals surface area contributed by atoms with Gasteiger partial charge in [0.15, 0.2) is 0 Å². The first kappa shape index (κ1) is 11.9. The third-order valence-corrected chi connectivity index (χ3v) is 2.49. The summed E-state index contributed by atoms with van der Waals surface area (Å²) >= 11 is 0. The third-order valence-electron chi connectivity index (χ3n) is 2.49. The predicted molar refractivity (Wildman–Crippen MR) is 61.9 cm³/mol. The number of ether oxygens (including phenoxy) is 1. The molecule has 1 atom stereocenters. The van der Waals surface area contributed by atoms with Crippen molar-refractivity contribution in [2.45, 2.75) is 19.5 Å². The van der Waals surface area contributed by atoms with Crippen molar-refractivity contribution in [2.24, 2.45) is 5.73 Å². The number of aromatic nitrogens is 1. The van der Waals surface area contributed by atoms with E-state index in [0.717, 1.165) is 11.4 Å². The Morgan fingerprint density at radius 2 is 2.27 bits per heavy atom. The molecule has 4 nitrogen and oxygen atoms in total. The van der Waals surface area contributed by atoms with Crippen LogP contribution in [0.2, 0.25) is 0 Å². The van der Waals surface area contributed by atoms with Gasteiger partial charge < -0.3 is 15.4 Å². The van der Waals surface area contributed by atoms with Crippen LogP contribution in [-0.4, -0.2) is 31.8 Å². The Bertz CT molecular complexity index is 286. The molecule has 1 heterocycles. The summed E-state index contributed by atoms with van der Waals surface area (Å²) in [5, 5.41) is 0. The molecule has 0 spiro atoms. The van der Waals surface area contributed by atoms with E-state index in [0.29, 0.717) is 19.2 Å². The van der Waals surface area contributed by atoms with Gasteiger partial charge in [-0.15, -0.1) is 0 Å². The van der Waals surface area contributed by atoms with Gasteiger partial charge in [-0.2, -0.15) is 0 Å². The number of hydrogen-bond acceptors (Lipinski definition) is 4. The number of nitrogens with two attached hydrogens (primary N) is 1. The Morgan fingerprint density at radius 3 is 2.73 bits per heavy atom. The minimum atomic E-state index is 0.334. The van der Waals surface area contributed by atoms with Crippen LogP contribution in [0.4, 0.5) is 5.69 Å². The zero-order valence-corrected chi connectivity index (χ0v) is 9.60. The molecule has 0 fully saturated rings. The maximum atomic E-state index is 5.49. The number of rotatable bonds is 5. The molecule has 0 aliphatic carbocycles. The summed E-state index contributed by atoms with van der Waals surface area (Å²) in [6.45, 7) is 3.30. The normalized spacial score (nSPS) is 12.5. The van der Waals surface area contributed by atoms with Crippen LogP contribution in [-0.2, 0) is 11.3 Å². The standard InChI is InChI=1S/C11H19N3O/c1-9(8-15-3)14(2)11-5-4-10(6-12)13-7-11/h4-5,7,9H,6,8,12H2,1-3H3. The molecule has 0 aromatic carbocycles. The van der Waals surface area contributed by atoms with Gasteiger partial charge in [0.1, 0.15) is 0 Å². The highest BCUT2D eigenvalue weighted by molar-refractivity contribution is 5.44. The smallest absolute Gasteiger partial charge is 0.0663 e. The van der Waals surface area contributed by atoms with Crippen molar-refractivity contribution in [3.05, 3.63) is 24.0 Å². The van der Waals surface area contributed by atoms with Crippen LogP contribution in [0.3, 0.4) is 0 Å². The highest BCUT2D eigenvalue weighted by atomic mass is 16.5. The third kappa shape index (κ3) is 3.18. The summed E-state index contributed by atoms with van der Waals surface area (Å²) < 4.78 is 5.11. The topological polar surface area (TPSA) is 51.4 Å². The van der Waals surface area contributed by atoms with Crippen molar-refractivity contribution in [1.82, 2.24) is 4.98 Å². The van der Waals surface area contributed by atoms with Crippen molar-refractivity contribution in [3.63, 3.8) is 0 Å². The summed E-state index contributed by atoms with van der Waals surface area (Å²) in [7, 11) is 3.74. The Kier molecular flexibility index (Phi) is 4.52. The maximum absolute atomic E-state index is 5.49. The number of methoxy groups -OCH3 is 1. The first-order valence-corrected chi connectivity index (χ1v) is 5.05. The zero-order valence-electron chi connectivity index (χ0n) is 9.60. The second-order valence-electron chi connectivity index (χ2n) is 3.63. The van der Waals surface area contributed by atoms with Crippen molar-refractivity contribution < 1.29 is 4.74 Å². The van der Waals surface area contributed by atoms with Gasteiger partial charge in [-0.1, -0.05) is 0 Å². The van der Waals surface area contributed by atoms with Crippen LogP contribution >= 0.6 is 0 Å². The van der Waals surface area contributed by atoms with Gasteiger partial charge in [-0.25, -0.2) is 0 Å². The van der Waals surface area contributed by atoms with Gasteiger partial charge >= 0.3 is 0 Å². The lowest BCUT2D eigenvalue weighted by atomic mass is 10.2. The fourth-order valence-electron chi connectivity index (χ4n) is 1.35. The number of nitrogens with zero attached hydrogens (tertiary/aromatic N) is 2. The fraction of sp³-hybridized carbons (Fsp3) is 0.545. The Morgan fingerprint density at radius 1 is 1.53 bits per heavy atom. The lowest BCUT2D eigenvalue weighted by Crippen LogP contribution is -2.32. The molecular weight excluding hydrogens is 190 g/mol. The van der Waals surface area contributed by atoms with Crippen LogP contribution in [0, 0.1) is 0 Å². The predicted octanol–water partition coefficient (Wildman–Crippen LogP) is 1.01. The molecule has 0 saturated carbocycles. The van der Waals surface area contributed by atoms with Gasteiger partial charge in [0.25, 0.3) is 0 Å². The van der Waals surface area contributed by atoms with E-state index in [2.05, 4.69) is 16.8 Å². The first-order chi connectivity index (χ1) is 7.19. The van der Waals surface area contributed by atoms with Crippen LogP contribution < -0.4 is 10.6 Å². The van der Waals surface area contributed by atoms with Crippen LogP contribution in [0.15, 0.2) is 18.3 Å². The summed E-state index contributed by atoms with van der Waals surface area (Å²) in [6, 6.07) is 4.31. The maximum Gasteiger partial charge on any atom is 0.0663 e. The Labute approximate surface area is 91.1 Å². The highest BCUT2D eigenvalue weighted by Crippen LogP contribution is 2.14. The molecule has 0 aliphatic rings. The summed E-state index contributed by atoms with van der Waals surface area (Å²) in [4.78, 5) is 6.39. The Hall–Kier alpha value is -1.13. The molecular formula is C11H19N3O. The van der Waals surface area contributed by atoms with E-state index in [4.69, 9.17) is 10.5 Å². The van der Waals surface area contributed by atoms with E-state index < -0.39 is 0 Å². The molecule has 0 saturated heterocycles. The fourth-order valence-corrected chi connectivity index (χ4v) is 1.35. The van der Waals surface area contributed by atoms with Crippen molar-refractivity contribution in [3.8, 4) is 0 Å². The largest absolute Gasteiger partial charge is 0.383 e. The summed E-state index contributed by atoms with van der Waals surface area (Å²) in [5.41, 5.74) is 7.48. The molecule has 0 radical (unpaired) electrons. The zero-order chi connectivity index (χ0) is 11.3. The molecule has 2 N–H and O–H groups in total. The average Bonchev–Trinajstić information content (AvgIpc) is 2.28. The van der Waals surface area contributed by atoms with Gasteiger partial charge in [0.05, 0.1) is 24.2 Å². The minimum absolute atomic E-state index is 0.334. The lowest BCUT2D eigenvalue weighted by molar-refractivity contribution is 0.183. The molecule has 0 bridgehead atoms. The molecule has 1 unspecified atom stereocenters. The summed E-state index contributed by atoms with van der Waals surface area (Å²) in [5.74, 6) is 0. The molecule has 0 amide bonds. The summed E-state index contributed by atoms with van der Waals surface area (Å²) in [6.07, 6.45) is 1.84.